The van der Waals surface area contributed by atoms with E-state index < -0.39 is 11.8 Å². The van der Waals surface area contributed by atoms with Gasteiger partial charge in [0.1, 0.15) is 11.8 Å². The first-order valence-corrected chi connectivity index (χ1v) is 11.5. The molecule has 3 amide bonds. The average Bonchev–Trinajstić information content (AvgIpc) is 3.46. The van der Waals surface area contributed by atoms with Gasteiger partial charge in [-0.1, -0.05) is 12.5 Å². The highest BCUT2D eigenvalue weighted by Gasteiger charge is 2.55. The van der Waals surface area contributed by atoms with Crippen LogP contribution in [-0.2, 0) is 20.9 Å². The lowest BCUT2D eigenvalue weighted by atomic mass is 9.83. The van der Waals surface area contributed by atoms with Crippen LogP contribution in [-0.4, -0.2) is 64.0 Å². The van der Waals surface area contributed by atoms with Gasteiger partial charge in [0.05, 0.1) is 12.9 Å². The highest BCUT2D eigenvalue weighted by atomic mass is 16.5. The van der Waals surface area contributed by atoms with Crippen LogP contribution in [0.5, 0.6) is 0 Å². The van der Waals surface area contributed by atoms with Gasteiger partial charge in [0.15, 0.2) is 5.76 Å². The van der Waals surface area contributed by atoms with Crippen molar-refractivity contribution in [3.63, 3.8) is 0 Å². The van der Waals surface area contributed by atoms with Gasteiger partial charge in [0.25, 0.3) is 5.91 Å². The largest absolute Gasteiger partial charge is 0.459 e. The van der Waals surface area contributed by atoms with E-state index in [2.05, 4.69) is 10.3 Å². The van der Waals surface area contributed by atoms with Crippen LogP contribution in [0.25, 0.3) is 0 Å². The summed E-state index contributed by atoms with van der Waals surface area (Å²) in [4.78, 5) is 46.7. The van der Waals surface area contributed by atoms with Crippen LogP contribution < -0.4 is 5.32 Å². The molecule has 0 aromatic carbocycles. The summed E-state index contributed by atoms with van der Waals surface area (Å²) >= 11 is 0. The third kappa shape index (κ3) is 4.13. The molecule has 2 saturated heterocycles. The molecule has 1 spiro atoms. The molecule has 2 aromatic heterocycles. The van der Waals surface area contributed by atoms with E-state index >= 15 is 0 Å². The van der Waals surface area contributed by atoms with Gasteiger partial charge in [-0.05, 0) is 36.6 Å². The van der Waals surface area contributed by atoms with Gasteiger partial charge >= 0.3 is 0 Å². The molecule has 0 bridgehead atoms. The number of piperidine rings is 1. The Hall–Kier alpha value is -3.20. The van der Waals surface area contributed by atoms with Crippen molar-refractivity contribution < 1.29 is 23.5 Å². The Balaban J connectivity index is 1.32. The van der Waals surface area contributed by atoms with Crippen LogP contribution in [0.3, 0.4) is 0 Å². The lowest BCUT2D eigenvalue weighted by Gasteiger charge is -2.45. The molecule has 3 fully saturated rings. The topological polar surface area (TPSA) is 105 Å². The minimum absolute atomic E-state index is 0.0991. The molecule has 9 nitrogen and oxygen atoms in total. The number of hydrogen-bond donors (Lipinski definition) is 1. The van der Waals surface area contributed by atoms with E-state index in [-0.39, 0.29) is 36.0 Å². The van der Waals surface area contributed by atoms with Crippen molar-refractivity contribution in [2.75, 3.05) is 19.7 Å². The zero-order valence-corrected chi connectivity index (χ0v) is 18.4. The summed E-state index contributed by atoms with van der Waals surface area (Å²) < 4.78 is 11.5. The molecule has 1 saturated carbocycles. The highest BCUT2D eigenvalue weighted by Crippen LogP contribution is 2.39. The van der Waals surface area contributed by atoms with Gasteiger partial charge in [-0.3, -0.25) is 24.3 Å². The second-order valence-electron chi connectivity index (χ2n) is 8.96. The number of likely N-dealkylation sites (tertiary alicyclic amines) is 1. The first-order chi connectivity index (χ1) is 16.1. The molecular formula is C24H28N4O5. The fraction of sp³-hybridized carbons (Fsp3) is 0.500. The number of amides is 3. The van der Waals surface area contributed by atoms with Crippen molar-refractivity contribution in [3.05, 3.63) is 54.2 Å². The van der Waals surface area contributed by atoms with Crippen molar-refractivity contribution in [2.45, 2.75) is 50.4 Å². The summed E-state index contributed by atoms with van der Waals surface area (Å²) in [7, 11) is 0. The van der Waals surface area contributed by atoms with Crippen molar-refractivity contribution >= 4 is 17.7 Å². The number of aromatic nitrogens is 1. The fourth-order valence-electron chi connectivity index (χ4n) is 4.89. The van der Waals surface area contributed by atoms with Crippen molar-refractivity contribution in [2.24, 2.45) is 5.92 Å². The molecular weight excluding hydrogens is 424 g/mol. The van der Waals surface area contributed by atoms with E-state index in [1.807, 2.05) is 11.0 Å². The van der Waals surface area contributed by atoms with Crippen LogP contribution in [0, 0.1) is 5.92 Å². The number of rotatable bonds is 5. The third-order valence-electron chi connectivity index (χ3n) is 7.01. The van der Waals surface area contributed by atoms with Crippen molar-refractivity contribution in [1.82, 2.24) is 20.1 Å². The number of carbonyl (C=O) groups excluding carboxylic acids is 3. The molecule has 2 aromatic rings. The van der Waals surface area contributed by atoms with Gasteiger partial charge in [-0.2, -0.15) is 0 Å². The number of furan rings is 1. The van der Waals surface area contributed by atoms with E-state index in [4.69, 9.17) is 9.15 Å². The molecule has 1 aliphatic carbocycles. The summed E-state index contributed by atoms with van der Waals surface area (Å²) in [5, 5.41) is 2.90. The Bertz CT molecular complexity index is 997. The first-order valence-electron chi connectivity index (χ1n) is 11.5. The molecule has 5 rings (SSSR count). The Morgan fingerprint density at radius 2 is 1.97 bits per heavy atom. The van der Waals surface area contributed by atoms with Gasteiger partial charge < -0.3 is 19.4 Å². The smallest absolute Gasteiger partial charge is 0.292 e. The van der Waals surface area contributed by atoms with Crippen LogP contribution in [0.2, 0.25) is 0 Å². The number of hydrogen-bond acceptors (Lipinski definition) is 6. The quantitative estimate of drug-likeness (QED) is 0.744. The lowest BCUT2D eigenvalue weighted by Crippen LogP contribution is -2.60. The van der Waals surface area contributed by atoms with Crippen LogP contribution in [0.15, 0.2) is 47.3 Å². The van der Waals surface area contributed by atoms with E-state index in [0.29, 0.717) is 32.5 Å². The third-order valence-corrected chi connectivity index (χ3v) is 7.01. The summed E-state index contributed by atoms with van der Waals surface area (Å²) in [6, 6.07) is 6.14. The minimum Gasteiger partial charge on any atom is -0.459 e. The Morgan fingerprint density at radius 1 is 1.15 bits per heavy atom. The normalized spacial score (nSPS) is 22.2. The second kappa shape index (κ2) is 8.97. The molecule has 174 valence electrons. The van der Waals surface area contributed by atoms with Crippen LogP contribution in [0.1, 0.15) is 48.2 Å². The molecule has 1 N–H and O–H groups in total. The summed E-state index contributed by atoms with van der Waals surface area (Å²) in [6.07, 6.45) is 8.75. The molecule has 2 aliphatic heterocycles. The van der Waals surface area contributed by atoms with Crippen molar-refractivity contribution in [3.8, 4) is 0 Å². The maximum Gasteiger partial charge on any atom is 0.292 e. The molecule has 3 aliphatic rings. The van der Waals surface area contributed by atoms with Gasteiger partial charge in [0.2, 0.25) is 11.8 Å². The predicted molar refractivity (Wildman–Crippen MR) is 117 cm³/mol. The number of carbonyl (C=O) groups is 3. The summed E-state index contributed by atoms with van der Waals surface area (Å²) in [5.41, 5.74) is -0.0671. The Morgan fingerprint density at radius 3 is 2.61 bits per heavy atom. The van der Waals surface area contributed by atoms with Crippen molar-refractivity contribution in [1.29, 1.82) is 0 Å². The Kier molecular flexibility index (Phi) is 5.88. The van der Waals surface area contributed by atoms with Gasteiger partial charge in [0, 0.05) is 50.8 Å². The monoisotopic (exact) mass is 452 g/mol. The van der Waals surface area contributed by atoms with Crippen LogP contribution in [0.4, 0.5) is 0 Å². The highest BCUT2D eigenvalue weighted by molar-refractivity contribution is 5.96. The molecule has 1 atom stereocenters. The molecule has 9 heteroatoms. The summed E-state index contributed by atoms with van der Waals surface area (Å²) in [6.45, 7) is 1.41. The van der Waals surface area contributed by atoms with E-state index in [1.165, 1.54) is 11.2 Å². The van der Waals surface area contributed by atoms with E-state index in [9.17, 15) is 14.4 Å². The number of nitrogens with one attached hydrogen (secondary N) is 1. The SMILES string of the molecule is O=C(NCc1cccnc1)C1COC2(CCN(C(=O)C3CCC3)CC2)N1C(=O)c1ccco1. The van der Waals surface area contributed by atoms with Gasteiger partial charge in [-0.15, -0.1) is 0 Å². The molecule has 0 radical (unpaired) electrons. The maximum absolute atomic E-state index is 13.4. The minimum atomic E-state index is -0.934. The summed E-state index contributed by atoms with van der Waals surface area (Å²) in [5.74, 6) is -0.168. The maximum atomic E-state index is 13.4. The zero-order chi connectivity index (χ0) is 22.8. The molecule has 4 heterocycles. The zero-order valence-electron chi connectivity index (χ0n) is 18.4. The predicted octanol–water partition coefficient (Wildman–Crippen LogP) is 1.95. The molecule has 1 unspecified atom stereocenters. The van der Waals surface area contributed by atoms with Crippen LogP contribution >= 0.6 is 0 Å². The molecule has 33 heavy (non-hydrogen) atoms. The lowest BCUT2D eigenvalue weighted by molar-refractivity contribution is -0.149. The second-order valence-corrected chi connectivity index (χ2v) is 8.96. The van der Waals surface area contributed by atoms with E-state index in [0.717, 1.165) is 24.8 Å². The first kappa shape index (κ1) is 21.6. The van der Waals surface area contributed by atoms with E-state index in [1.54, 1.807) is 30.6 Å². The number of ether oxygens (including phenoxy) is 1. The average molecular weight is 453 g/mol. The fourth-order valence-corrected chi connectivity index (χ4v) is 4.89. The number of nitrogens with zero attached hydrogens (tertiary/aromatic N) is 3. The standard InChI is InChI=1S/C24H28N4O5/c29-21(26-15-17-4-2-10-25-14-17)19-16-33-24(28(19)23(31)20-7-3-13-32-20)8-11-27(12-9-24)22(30)18-5-1-6-18/h2-4,7,10,13-14,18-19H,1,5-6,8-9,11-12,15-16H2,(H,26,29). The Labute approximate surface area is 192 Å². The van der Waals surface area contributed by atoms with Gasteiger partial charge in [-0.25, -0.2) is 0 Å². The number of pyridine rings is 1.